The van der Waals surface area contributed by atoms with E-state index in [-0.39, 0.29) is 5.91 Å². The van der Waals surface area contributed by atoms with E-state index in [1.165, 1.54) is 5.56 Å². The van der Waals surface area contributed by atoms with Crippen molar-refractivity contribution in [2.75, 3.05) is 0 Å². The van der Waals surface area contributed by atoms with Crippen LogP contribution >= 0.6 is 11.6 Å². The quantitative estimate of drug-likeness (QED) is 0.529. The van der Waals surface area contributed by atoms with Gasteiger partial charge in [-0.3, -0.25) is 9.48 Å². The summed E-state index contributed by atoms with van der Waals surface area (Å²) in [6.45, 7) is 4.50. The molecule has 2 heterocycles. The minimum absolute atomic E-state index is 0.170. The zero-order valence-corrected chi connectivity index (χ0v) is 17.3. The molecule has 0 spiro atoms. The fourth-order valence-corrected chi connectivity index (χ4v) is 3.68. The summed E-state index contributed by atoms with van der Waals surface area (Å²) in [5.41, 5.74) is 6.23. The Labute approximate surface area is 174 Å². The molecule has 4 aromatic rings. The molecule has 0 radical (unpaired) electrons. The molecule has 1 amide bonds. The maximum atomic E-state index is 13.0. The van der Waals surface area contributed by atoms with Crippen LogP contribution in [0.1, 0.15) is 27.0 Å². The van der Waals surface area contributed by atoms with E-state index in [1.54, 1.807) is 10.9 Å². The number of benzene rings is 2. The SMILES string of the molecule is Cc1ccc(-c2cc(C(=O)NCc3cccc(Cl)c3)c3cnn(C)c3n2)c(C)c1. The number of hydrogen-bond acceptors (Lipinski definition) is 3. The van der Waals surface area contributed by atoms with E-state index in [4.69, 9.17) is 16.6 Å². The average Bonchev–Trinajstić information content (AvgIpc) is 3.06. The van der Waals surface area contributed by atoms with E-state index in [1.807, 2.05) is 43.4 Å². The van der Waals surface area contributed by atoms with Crippen LogP contribution in [0.5, 0.6) is 0 Å². The fraction of sp³-hybridized carbons (Fsp3) is 0.174. The fourth-order valence-electron chi connectivity index (χ4n) is 3.47. The number of carbonyl (C=O) groups is 1. The minimum atomic E-state index is -0.170. The number of aryl methyl sites for hydroxylation is 3. The number of nitrogens with zero attached hydrogens (tertiary/aromatic N) is 3. The van der Waals surface area contributed by atoms with E-state index < -0.39 is 0 Å². The maximum Gasteiger partial charge on any atom is 0.252 e. The molecule has 2 aromatic carbocycles. The van der Waals surface area contributed by atoms with Crippen LogP contribution in [0.15, 0.2) is 54.7 Å². The van der Waals surface area contributed by atoms with Crippen LogP contribution in [0.4, 0.5) is 0 Å². The molecule has 0 aliphatic carbocycles. The first-order valence-electron chi connectivity index (χ1n) is 9.35. The molecule has 0 saturated carbocycles. The minimum Gasteiger partial charge on any atom is -0.348 e. The lowest BCUT2D eigenvalue weighted by Gasteiger charge is -2.11. The molecule has 5 nitrogen and oxygen atoms in total. The van der Waals surface area contributed by atoms with Crippen molar-refractivity contribution < 1.29 is 4.79 Å². The summed E-state index contributed by atoms with van der Waals surface area (Å²) < 4.78 is 1.69. The second kappa shape index (κ2) is 7.68. The Morgan fingerprint density at radius 1 is 1.14 bits per heavy atom. The van der Waals surface area contributed by atoms with Gasteiger partial charge in [-0.25, -0.2) is 4.98 Å². The van der Waals surface area contributed by atoms with Crippen molar-refractivity contribution in [3.05, 3.63) is 82.0 Å². The molecular weight excluding hydrogens is 384 g/mol. The summed E-state index contributed by atoms with van der Waals surface area (Å²) in [4.78, 5) is 17.8. The average molecular weight is 405 g/mol. The number of amides is 1. The van der Waals surface area contributed by atoms with Crippen LogP contribution < -0.4 is 5.32 Å². The lowest BCUT2D eigenvalue weighted by atomic mass is 10.0. The summed E-state index contributed by atoms with van der Waals surface area (Å²) in [5, 5.41) is 8.65. The molecule has 0 unspecified atom stereocenters. The van der Waals surface area contributed by atoms with Crippen LogP contribution in [0.25, 0.3) is 22.3 Å². The predicted octanol–water partition coefficient (Wildman–Crippen LogP) is 4.84. The number of halogens is 1. The van der Waals surface area contributed by atoms with Gasteiger partial charge in [0, 0.05) is 24.2 Å². The third kappa shape index (κ3) is 3.87. The van der Waals surface area contributed by atoms with Gasteiger partial charge < -0.3 is 5.32 Å². The van der Waals surface area contributed by atoms with Gasteiger partial charge in [0.2, 0.25) is 0 Å². The van der Waals surface area contributed by atoms with Crippen LogP contribution in [-0.4, -0.2) is 20.7 Å². The maximum absolute atomic E-state index is 13.0. The first-order chi connectivity index (χ1) is 13.9. The smallest absolute Gasteiger partial charge is 0.252 e. The van der Waals surface area contributed by atoms with Crippen LogP contribution in [0, 0.1) is 13.8 Å². The molecule has 4 rings (SSSR count). The van der Waals surface area contributed by atoms with Crippen molar-refractivity contribution in [1.82, 2.24) is 20.1 Å². The van der Waals surface area contributed by atoms with Gasteiger partial charge in [0.15, 0.2) is 5.65 Å². The monoisotopic (exact) mass is 404 g/mol. The van der Waals surface area contributed by atoms with E-state index >= 15 is 0 Å². The number of aromatic nitrogens is 3. The number of nitrogens with one attached hydrogen (secondary N) is 1. The standard InChI is InChI=1S/C23H21ClN4O/c1-14-7-8-18(15(2)9-14)21-11-19(20-13-26-28(3)22(20)27-21)23(29)25-12-16-5-4-6-17(24)10-16/h4-11,13H,12H2,1-3H3,(H,25,29). The van der Waals surface area contributed by atoms with Gasteiger partial charge in [-0.15, -0.1) is 0 Å². The normalized spacial score (nSPS) is 11.0. The van der Waals surface area contributed by atoms with Gasteiger partial charge in [-0.1, -0.05) is 47.5 Å². The highest BCUT2D eigenvalue weighted by Gasteiger charge is 2.17. The molecule has 0 atom stereocenters. The Balaban J connectivity index is 1.73. The Morgan fingerprint density at radius 3 is 2.72 bits per heavy atom. The van der Waals surface area contributed by atoms with Crippen molar-refractivity contribution in [1.29, 1.82) is 0 Å². The molecule has 29 heavy (non-hydrogen) atoms. The van der Waals surface area contributed by atoms with Crippen molar-refractivity contribution in [2.24, 2.45) is 7.05 Å². The molecule has 0 aliphatic heterocycles. The van der Waals surface area contributed by atoms with Gasteiger partial charge in [-0.2, -0.15) is 5.10 Å². The van der Waals surface area contributed by atoms with E-state index in [0.717, 1.165) is 27.8 Å². The molecule has 0 aliphatic rings. The number of rotatable bonds is 4. The predicted molar refractivity (Wildman–Crippen MR) is 116 cm³/mol. The summed E-state index contributed by atoms with van der Waals surface area (Å²) >= 11 is 6.04. The van der Waals surface area contributed by atoms with Gasteiger partial charge in [-0.05, 0) is 43.2 Å². The highest BCUT2D eigenvalue weighted by molar-refractivity contribution is 6.30. The van der Waals surface area contributed by atoms with Gasteiger partial charge in [0.05, 0.1) is 22.8 Å². The lowest BCUT2D eigenvalue weighted by molar-refractivity contribution is 0.0952. The van der Waals surface area contributed by atoms with Crippen LogP contribution in [-0.2, 0) is 13.6 Å². The number of hydrogen-bond donors (Lipinski definition) is 1. The zero-order chi connectivity index (χ0) is 20.5. The third-order valence-electron chi connectivity index (χ3n) is 4.95. The number of fused-ring (bicyclic) bond motifs is 1. The van der Waals surface area contributed by atoms with Crippen molar-refractivity contribution in [2.45, 2.75) is 20.4 Å². The molecule has 146 valence electrons. The molecule has 2 aromatic heterocycles. The zero-order valence-electron chi connectivity index (χ0n) is 16.5. The van der Waals surface area contributed by atoms with Gasteiger partial charge in [0.25, 0.3) is 5.91 Å². The first-order valence-corrected chi connectivity index (χ1v) is 9.73. The Hall–Kier alpha value is -3.18. The number of carbonyl (C=O) groups excluding carboxylic acids is 1. The molecular formula is C23H21ClN4O. The second-order valence-electron chi connectivity index (χ2n) is 7.19. The molecule has 0 saturated heterocycles. The van der Waals surface area contributed by atoms with Crippen LogP contribution in [0.3, 0.4) is 0 Å². The van der Waals surface area contributed by atoms with Crippen molar-refractivity contribution >= 4 is 28.5 Å². The lowest BCUT2D eigenvalue weighted by Crippen LogP contribution is -2.23. The van der Waals surface area contributed by atoms with E-state index in [0.29, 0.717) is 22.8 Å². The van der Waals surface area contributed by atoms with Gasteiger partial charge >= 0.3 is 0 Å². The van der Waals surface area contributed by atoms with E-state index in [2.05, 4.69) is 36.4 Å². The summed E-state index contributed by atoms with van der Waals surface area (Å²) in [6, 6.07) is 15.5. The Morgan fingerprint density at radius 2 is 1.97 bits per heavy atom. The second-order valence-corrected chi connectivity index (χ2v) is 7.63. The summed E-state index contributed by atoms with van der Waals surface area (Å²) in [5.74, 6) is -0.170. The highest BCUT2D eigenvalue weighted by Crippen LogP contribution is 2.27. The topological polar surface area (TPSA) is 59.8 Å². The summed E-state index contributed by atoms with van der Waals surface area (Å²) in [6.07, 6.45) is 1.68. The third-order valence-corrected chi connectivity index (χ3v) is 5.18. The first kappa shape index (κ1) is 19.2. The molecule has 0 fully saturated rings. The summed E-state index contributed by atoms with van der Waals surface area (Å²) in [7, 11) is 1.83. The molecule has 6 heteroatoms. The van der Waals surface area contributed by atoms with Crippen molar-refractivity contribution in [3.8, 4) is 11.3 Å². The molecule has 1 N–H and O–H groups in total. The van der Waals surface area contributed by atoms with Crippen molar-refractivity contribution in [3.63, 3.8) is 0 Å². The number of pyridine rings is 1. The highest BCUT2D eigenvalue weighted by atomic mass is 35.5. The largest absolute Gasteiger partial charge is 0.348 e. The molecule has 0 bridgehead atoms. The van der Waals surface area contributed by atoms with Gasteiger partial charge in [0.1, 0.15) is 0 Å². The van der Waals surface area contributed by atoms with E-state index in [9.17, 15) is 4.79 Å². The van der Waals surface area contributed by atoms with Crippen LogP contribution in [0.2, 0.25) is 5.02 Å². The Kier molecular flexibility index (Phi) is 5.07. The Bertz CT molecular complexity index is 1230.